The van der Waals surface area contributed by atoms with Crippen molar-refractivity contribution in [2.24, 2.45) is 5.41 Å². The second-order valence-electron chi connectivity index (χ2n) is 8.44. The Labute approximate surface area is 197 Å². The van der Waals surface area contributed by atoms with E-state index in [4.69, 9.17) is 14.2 Å². The average Bonchev–Trinajstić information content (AvgIpc) is 2.81. The van der Waals surface area contributed by atoms with Gasteiger partial charge < -0.3 is 24.8 Å². The highest BCUT2D eigenvalue weighted by Crippen LogP contribution is 2.34. The number of amides is 2. The number of hydrogen-bond donors (Lipinski definition) is 2. The summed E-state index contributed by atoms with van der Waals surface area (Å²) in [6, 6.07) is 15.9. The summed E-state index contributed by atoms with van der Waals surface area (Å²) in [4.78, 5) is 25.2. The molecule has 0 unspecified atom stereocenters. The van der Waals surface area contributed by atoms with E-state index in [1.54, 1.807) is 69.3 Å². The normalized spacial score (nSPS) is 10.9. The molecule has 34 heavy (non-hydrogen) atoms. The molecule has 0 spiro atoms. The van der Waals surface area contributed by atoms with Gasteiger partial charge in [-0.15, -0.1) is 0 Å². The first kappa shape index (κ1) is 24.6. The van der Waals surface area contributed by atoms with Crippen molar-refractivity contribution in [3.63, 3.8) is 0 Å². The first-order valence-electron chi connectivity index (χ1n) is 10.5. The standard InChI is InChI=1S/C26H27FN2O5/c1-26(2,3)25(31)29-23-18(27)8-6-11-21(23)34-17-14-12-16(13-15-17)28-24(30)22-19(32-4)9-7-10-20(22)33-5/h6-15H,1-5H3,(H,28,30)(H,29,31). The van der Waals surface area contributed by atoms with Gasteiger partial charge in [-0.3, -0.25) is 9.59 Å². The number of anilines is 2. The highest BCUT2D eigenvalue weighted by Gasteiger charge is 2.24. The highest BCUT2D eigenvalue weighted by molar-refractivity contribution is 6.08. The van der Waals surface area contributed by atoms with Gasteiger partial charge in [0.15, 0.2) is 11.6 Å². The van der Waals surface area contributed by atoms with Crippen molar-refractivity contribution in [1.29, 1.82) is 0 Å². The first-order valence-corrected chi connectivity index (χ1v) is 10.5. The molecule has 0 bridgehead atoms. The maximum Gasteiger partial charge on any atom is 0.263 e. The number of halogens is 1. The molecule has 178 valence electrons. The number of rotatable bonds is 7. The monoisotopic (exact) mass is 466 g/mol. The molecule has 0 atom stereocenters. The number of benzene rings is 3. The zero-order valence-electron chi connectivity index (χ0n) is 19.7. The number of carbonyl (C=O) groups is 2. The number of hydrogen-bond acceptors (Lipinski definition) is 5. The highest BCUT2D eigenvalue weighted by atomic mass is 19.1. The van der Waals surface area contributed by atoms with Gasteiger partial charge in [0.1, 0.15) is 28.5 Å². The summed E-state index contributed by atoms with van der Waals surface area (Å²) >= 11 is 0. The maximum absolute atomic E-state index is 14.4. The summed E-state index contributed by atoms with van der Waals surface area (Å²) in [5.74, 6) is -0.0318. The molecule has 0 radical (unpaired) electrons. The van der Waals surface area contributed by atoms with Gasteiger partial charge in [0, 0.05) is 11.1 Å². The molecule has 0 saturated heterocycles. The first-order chi connectivity index (χ1) is 16.1. The predicted molar refractivity (Wildman–Crippen MR) is 128 cm³/mol. The maximum atomic E-state index is 14.4. The lowest BCUT2D eigenvalue weighted by Gasteiger charge is -2.20. The van der Waals surface area contributed by atoms with Gasteiger partial charge in [0.2, 0.25) is 5.91 Å². The van der Waals surface area contributed by atoms with Crippen LogP contribution in [0.25, 0.3) is 0 Å². The van der Waals surface area contributed by atoms with Gasteiger partial charge in [-0.1, -0.05) is 32.9 Å². The second-order valence-corrected chi connectivity index (χ2v) is 8.44. The Morgan fingerprint density at radius 3 is 1.91 bits per heavy atom. The van der Waals surface area contributed by atoms with Crippen molar-refractivity contribution in [2.45, 2.75) is 20.8 Å². The molecular formula is C26H27FN2O5. The molecule has 0 aromatic heterocycles. The fourth-order valence-corrected chi connectivity index (χ4v) is 3.01. The van der Waals surface area contributed by atoms with E-state index in [-0.39, 0.29) is 22.9 Å². The minimum Gasteiger partial charge on any atom is -0.496 e. The minimum atomic E-state index is -0.705. The van der Waals surface area contributed by atoms with E-state index in [2.05, 4.69) is 10.6 Å². The molecule has 0 aliphatic rings. The summed E-state index contributed by atoms with van der Waals surface area (Å²) in [5.41, 5.74) is 0.0319. The number of nitrogens with one attached hydrogen (secondary N) is 2. The lowest BCUT2D eigenvalue weighted by atomic mass is 9.95. The van der Waals surface area contributed by atoms with E-state index in [0.29, 0.717) is 22.9 Å². The Morgan fingerprint density at radius 2 is 1.35 bits per heavy atom. The third-order valence-electron chi connectivity index (χ3n) is 4.89. The van der Waals surface area contributed by atoms with Crippen LogP contribution in [-0.4, -0.2) is 26.0 Å². The molecule has 8 heteroatoms. The molecule has 3 aromatic rings. The number of carbonyl (C=O) groups excluding carboxylic acids is 2. The molecule has 0 fully saturated rings. The van der Waals surface area contributed by atoms with Crippen molar-refractivity contribution >= 4 is 23.2 Å². The molecule has 0 heterocycles. The van der Waals surface area contributed by atoms with Crippen molar-refractivity contribution in [2.75, 3.05) is 24.9 Å². The molecule has 2 amide bonds. The van der Waals surface area contributed by atoms with Crippen LogP contribution in [0, 0.1) is 11.2 Å². The predicted octanol–water partition coefficient (Wildman–Crippen LogP) is 5.87. The Morgan fingerprint density at radius 1 is 0.794 bits per heavy atom. The largest absolute Gasteiger partial charge is 0.496 e. The van der Waals surface area contributed by atoms with Crippen LogP contribution in [0.5, 0.6) is 23.0 Å². The van der Waals surface area contributed by atoms with Gasteiger partial charge in [-0.2, -0.15) is 0 Å². The Hall–Kier alpha value is -4.07. The van der Waals surface area contributed by atoms with E-state index in [9.17, 15) is 14.0 Å². The molecular weight excluding hydrogens is 439 g/mol. The Kier molecular flexibility index (Phi) is 7.40. The average molecular weight is 467 g/mol. The molecule has 0 aliphatic heterocycles. The van der Waals surface area contributed by atoms with Crippen LogP contribution >= 0.6 is 0 Å². The molecule has 0 saturated carbocycles. The summed E-state index contributed by atoms with van der Waals surface area (Å²) in [6.07, 6.45) is 0. The topological polar surface area (TPSA) is 85.9 Å². The molecule has 3 aromatic carbocycles. The van der Waals surface area contributed by atoms with E-state index >= 15 is 0 Å². The summed E-state index contributed by atoms with van der Waals surface area (Å²) < 4.78 is 30.8. The van der Waals surface area contributed by atoms with Crippen LogP contribution < -0.4 is 24.8 Å². The van der Waals surface area contributed by atoms with Crippen molar-refractivity contribution < 1.29 is 28.2 Å². The SMILES string of the molecule is COc1cccc(OC)c1C(=O)Nc1ccc(Oc2cccc(F)c2NC(=O)C(C)(C)C)cc1. The second kappa shape index (κ2) is 10.2. The van der Waals surface area contributed by atoms with Crippen LogP contribution in [0.15, 0.2) is 60.7 Å². The van der Waals surface area contributed by atoms with Gasteiger partial charge in [0.05, 0.1) is 14.2 Å². The summed E-state index contributed by atoms with van der Waals surface area (Å²) in [5, 5.41) is 5.39. The summed E-state index contributed by atoms with van der Waals surface area (Å²) in [6.45, 7) is 5.20. The Bertz CT molecular complexity index is 1160. The lowest BCUT2D eigenvalue weighted by molar-refractivity contribution is -0.123. The zero-order valence-corrected chi connectivity index (χ0v) is 19.7. The van der Waals surface area contributed by atoms with Gasteiger partial charge >= 0.3 is 0 Å². The fourth-order valence-electron chi connectivity index (χ4n) is 3.01. The van der Waals surface area contributed by atoms with Crippen molar-refractivity contribution in [3.8, 4) is 23.0 Å². The summed E-state index contributed by atoms with van der Waals surface area (Å²) in [7, 11) is 2.95. The van der Waals surface area contributed by atoms with Gasteiger partial charge in [-0.25, -0.2) is 4.39 Å². The smallest absolute Gasteiger partial charge is 0.263 e. The quantitative estimate of drug-likeness (QED) is 0.455. The van der Waals surface area contributed by atoms with E-state index < -0.39 is 17.1 Å². The third-order valence-corrected chi connectivity index (χ3v) is 4.89. The number of para-hydroxylation sites is 1. The van der Waals surface area contributed by atoms with E-state index in [1.807, 2.05) is 0 Å². The van der Waals surface area contributed by atoms with Gasteiger partial charge in [-0.05, 0) is 48.5 Å². The fraction of sp³-hybridized carbons (Fsp3) is 0.231. The number of methoxy groups -OCH3 is 2. The van der Waals surface area contributed by atoms with Crippen molar-refractivity contribution in [1.82, 2.24) is 0 Å². The molecule has 2 N–H and O–H groups in total. The molecule has 0 aliphatic carbocycles. The van der Waals surface area contributed by atoms with Crippen LogP contribution in [0.1, 0.15) is 31.1 Å². The zero-order chi connectivity index (χ0) is 24.9. The van der Waals surface area contributed by atoms with Crippen LogP contribution in [0.4, 0.5) is 15.8 Å². The Balaban J connectivity index is 1.78. The third kappa shape index (κ3) is 5.64. The minimum absolute atomic E-state index is 0.0388. The van der Waals surface area contributed by atoms with Crippen LogP contribution in [-0.2, 0) is 4.79 Å². The van der Waals surface area contributed by atoms with Gasteiger partial charge in [0.25, 0.3) is 5.91 Å². The van der Waals surface area contributed by atoms with Crippen LogP contribution in [0.3, 0.4) is 0 Å². The van der Waals surface area contributed by atoms with E-state index in [1.165, 1.54) is 26.4 Å². The molecule has 7 nitrogen and oxygen atoms in total. The number of ether oxygens (including phenoxy) is 3. The lowest BCUT2D eigenvalue weighted by Crippen LogP contribution is -2.28. The van der Waals surface area contributed by atoms with E-state index in [0.717, 1.165) is 0 Å². The van der Waals surface area contributed by atoms with Crippen LogP contribution in [0.2, 0.25) is 0 Å². The van der Waals surface area contributed by atoms with Crippen molar-refractivity contribution in [3.05, 3.63) is 72.0 Å². The molecule has 3 rings (SSSR count).